The second kappa shape index (κ2) is 10.8. The molecular formula is C23H31NO4. The van der Waals surface area contributed by atoms with Crippen LogP contribution in [0.25, 0.3) is 0 Å². The molecule has 2 rings (SSSR count). The Balaban J connectivity index is 1.85. The fraction of sp³-hybridized carbons (Fsp3) is 0.435. The molecule has 0 saturated heterocycles. The van der Waals surface area contributed by atoms with Crippen LogP contribution < -0.4 is 0 Å². The maximum Gasteiger partial charge on any atom is 0.410 e. The summed E-state index contributed by atoms with van der Waals surface area (Å²) in [5.74, 6) is 0. The predicted octanol–water partition coefficient (Wildman–Crippen LogP) is 4.39. The Labute approximate surface area is 167 Å². The zero-order valence-electron chi connectivity index (χ0n) is 17.0. The maximum absolute atomic E-state index is 12.6. The van der Waals surface area contributed by atoms with Gasteiger partial charge in [0, 0.05) is 13.1 Å². The summed E-state index contributed by atoms with van der Waals surface area (Å²) in [5, 5.41) is 10.3. The molecule has 5 heteroatoms. The van der Waals surface area contributed by atoms with Crippen molar-refractivity contribution in [1.29, 1.82) is 0 Å². The Morgan fingerprint density at radius 3 is 2.14 bits per heavy atom. The molecule has 1 atom stereocenters. The zero-order chi connectivity index (χ0) is 20.4. The number of amides is 1. The van der Waals surface area contributed by atoms with Gasteiger partial charge in [0.15, 0.2) is 0 Å². The first-order valence-electron chi connectivity index (χ1n) is 9.65. The molecule has 2 aromatic rings. The van der Waals surface area contributed by atoms with Crippen LogP contribution >= 0.6 is 0 Å². The quantitative estimate of drug-likeness (QED) is 0.695. The summed E-state index contributed by atoms with van der Waals surface area (Å²) in [5.41, 5.74) is 1.51. The fourth-order valence-corrected chi connectivity index (χ4v) is 2.64. The van der Waals surface area contributed by atoms with Gasteiger partial charge in [-0.3, -0.25) is 0 Å². The number of nitrogens with zero attached hydrogens (tertiary/aromatic N) is 1. The lowest BCUT2D eigenvalue weighted by molar-refractivity contribution is 0.00667. The van der Waals surface area contributed by atoms with E-state index in [1.54, 1.807) is 4.90 Å². The van der Waals surface area contributed by atoms with Crippen LogP contribution in [0.5, 0.6) is 0 Å². The van der Waals surface area contributed by atoms with Crippen molar-refractivity contribution in [2.24, 2.45) is 0 Å². The molecule has 0 saturated carbocycles. The molecule has 1 unspecified atom stereocenters. The predicted molar refractivity (Wildman–Crippen MR) is 110 cm³/mol. The van der Waals surface area contributed by atoms with Gasteiger partial charge in [0.25, 0.3) is 0 Å². The van der Waals surface area contributed by atoms with E-state index in [9.17, 15) is 9.90 Å². The molecule has 0 fully saturated rings. The van der Waals surface area contributed by atoms with Gasteiger partial charge >= 0.3 is 6.09 Å². The second-order valence-electron chi connectivity index (χ2n) is 7.83. The van der Waals surface area contributed by atoms with Gasteiger partial charge < -0.3 is 19.5 Å². The average molecular weight is 386 g/mol. The summed E-state index contributed by atoms with van der Waals surface area (Å²) in [6.45, 7) is 7.04. The lowest BCUT2D eigenvalue weighted by Crippen LogP contribution is -2.38. The summed E-state index contributed by atoms with van der Waals surface area (Å²) in [6, 6.07) is 19.6. The molecule has 0 aromatic heterocycles. The molecule has 28 heavy (non-hydrogen) atoms. The Hall–Kier alpha value is -2.37. The molecule has 152 valence electrons. The van der Waals surface area contributed by atoms with E-state index in [4.69, 9.17) is 9.47 Å². The van der Waals surface area contributed by atoms with Crippen LogP contribution in [0.15, 0.2) is 60.7 Å². The van der Waals surface area contributed by atoms with Gasteiger partial charge in [0.2, 0.25) is 0 Å². The number of carbonyl (C=O) groups excluding carboxylic acids is 1. The number of carbonyl (C=O) groups is 1. The van der Waals surface area contributed by atoms with Crippen molar-refractivity contribution in [2.75, 3.05) is 13.2 Å². The number of hydrogen-bond donors (Lipinski definition) is 1. The van der Waals surface area contributed by atoms with Gasteiger partial charge in [-0.2, -0.15) is 0 Å². The van der Waals surface area contributed by atoms with Crippen molar-refractivity contribution in [1.82, 2.24) is 4.90 Å². The highest BCUT2D eigenvalue weighted by atomic mass is 16.6. The Bertz CT molecular complexity index is 698. The van der Waals surface area contributed by atoms with E-state index in [0.29, 0.717) is 26.1 Å². The van der Waals surface area contributed by atoms with E-state index in [1.165, 1.54) is 0 Å². The van der Waals surface area contributed by atoms with Crippen molar-refractivity contribution < 1.29 is 19.4 Å². The van der Waals surface area contributed by atoms with Gasteiger partial charge in [-0.15, -0.1) is 0 Å². The highest BCUT2D eigenvalue weighted by Crippen LogP contribution is 2.14. The van der Waals surface area contributed by atoms with Crippen LogP contribution in [0.2, 0.25) is 0 Å². The van der Waals surface area contributed by atoms with Crippen LogP contribution in [0.1, 0.15) is 38.3 Å². The molecule has 0 aliphatic heterocycles. The molecule has 0 radical (unpaired) electrons. The average Bonchev–Trinajstić information content (AvgIpc) is 2.65. The van der Waals surface area contributed by atoms with Crippen molar-refractivity contribution >= 4 is 6.09 Å². The van der Waals surface area contributed by atoms with E-state index in [2.05, 4.69) is 0 Å². The summed E-state index contributed by atoms with van der Waals surface area (Å²) in [7, 11) is 0. The summed E-state index contributed by atoms with van der Waals surface area (Å²) < 4.78 is 11.1. The molecule has 0 aliphatic carbocycles. The van der Waals surface area contributed by atoms with Crippen molar-refractivity contribution in [3.8, 4) is 0 Å². The van der Waals surface area contributed by atoms with Gasteiger partial charge in [-0.25, -0.2) is 4.79 Å². The fourth-order valence-electron chi connectivity index (χ4n) is 2.64. The monoisotopic (exact) mass is 385 g/mol. The largest absolute Gasteiger partial charge is 0.444 e. The van der Waals surface area contributed by atoms with Gasteiger partial charge in [-0.05, 0) is 38.3 Å². The van der Waals surface area contributed by atoms with Crippen molar-refractivity contribution in [3.05, 3.63) is 71.8 Å². The van der Waals surface area contributed by atoms with Gasteiger partial charge in [0.1, 0.15) is 5.60 Å². The number of aliphatic hydroxyl groups excluding tert-OH is 1. The highest BCUT2D eigenvalue weighted by molar-refractivity contribution is 5.68. The van der Waals surface area contributed by atoms with Crippen LogP contribution in [0, 0.1) is 0 Å². The third-order valence-electron chi connectivity index (χ3n) is 4.02. The van der Waals surface area contributed by atoms with Gasteiger partial charge in [-0.1, -0.05) is 60.7 Å². The lowest BCUT2D eigenvalue weighted by Gasteiger charge is -2.28. The molecule has 5 nitrogen and oxygen atoms in total. The zero-order valence-corrected chi connectivity index (χ0v) is 17.0. The number of hydrogen-bond acceptors (Lipinski definition) is 4. The first-order valence-corrected chi connectivity index (χ1v) is 9.65. The standard InChI is InChI=1S/C23H31NO4/c1-23(2,3)28-22(26)24(16-19-10-6-4-7-11-19)15-14-21(25)18-27-17-20-12-8-5-9-13-20/h4-13,21,25H,14-18H2,1-3H3. The van der Waals surface area contributed by atoms with Crippen LogP contribution in [-0.4, -0.2) is 41.0 Å². The van der Waals surface area contributed by atoms with Crippen LogP contribution in [0.4, 0.5) is 4.79 Å². The normalized spacial score (nSPS) is 12.4. The van der Waals surface area contributed by atoms with Crippen LogP contribution in [-0.2, 0) is 22.6 Å². The summed E-state index contributed by atoms with van der Waals surface area (Å²) in [4.78, 5) is 14.2. The molecule has 1 amide bonds. The SMILES string of the molecule is CC(C)(C)OC(=O)N(CCC(O)COCc1ccccc1)Cc1ccccc1. The number of benzene rings is 2. The van der Waals surface area contributed by atoms with Crippen LogP contribution in [0.3, 0.4) is 0 Å². The van der Waals surface area contributed by atoms with Crippen molar-refractivity contribution in [3.63, 3.8) is 0 Å². The Morgan fingerprint density at radius 1 is 1.00 bits per heavy atom. The third kappa shape index (κ3) is 8.55. The first-order chi connectivity index (χ1) is 13.3. The van der Waals surface area contributed by atoms with E-state index in [-0.39, 0.29) is 12.7 Å². The maximum atomic E-state index is 12.6. The van der Waals surface area contributed by atoms with Crippen molar-refractivity contribution in [2.45, 2.75) is 52.0 Å². The number of aliphatic hydroxyl groups is 1. The Morgan fingerprint density at radius 2 is 1.57 bits per heavy atom. The molecule has 0 heterocycles. The second-order valence-corrected chi connectivity index (χ2v) is 7.83. The van der Waals surface area contributed by atoms with Gasteiger partial charge in [0.05, 0.1) is 19.3 Å². The highest BCUT2D eigenvalue weighted by Gasteiger charge is 2.23. The Kier molecular flexibility index (Phi) is 8.48. The lowest BCUT2D eigenvalue weighted by atomic mass is 10.2. The van der Waals surface area contributed by atoms with E-state index in [0.717, 1.165) is 11.1 Å². The first kappa shape index (κ1) is 21.9. The smallest absolute Gasteiger partial charge is 0.410 e. The minimum Gasteiger partial charge on any atom is -0.444 e. The number of rotatable bonds is 9. The van der Waals surface area contributed by atoms with E-state index in [1.807, 2.05) is 81.4 Å². The summed E-state index contributed by atoms with van der Waals surface area (Å²) >= 11 is 0. The molecule has 2 aromatic carbocycles. The van der Waals surface area contributed by atoms with E-state index < -0.39 is 11.7 Å². The minimum atomic E-state index is -0.649. The molecule has 0 bridgehead atoms. The van der Waals surface area contributed by atoms with E-state index >= 15 is 0 Å². The molecular weight excluding hydrogens is 354 g/mol. The topological polar surface area (TPSA) is 59.0 Å². The molecule has 1 N–H and O–H groups in total. The number of ether oxygens (including phenoxy) is 2. The third-order valence-corrected chi connectivity index (χ3v) is 4.02. The molecule has 0 aliphatic rings. The summed E-state index contributed by atoms with van der Waals surface area (Å²) in [6.07, 6.45) is -0.612. The minimum absolute atomic E-state index is 0.225. The molecule has 0 spiro atoms.